The molecule has 0 amide bonds. The maximum atomic E-state index is 15.2. The van der Waals surface area contributed by atoms with E-state index < -0.39 is 29.5 Å². The molecule has 2 bridgehead atoms. The molecule has 0 aromatic heterocycles. The van der Waals surface area contributed by atoms with Crippen LogP contribution in [-0.4, -0.2) is 43.5 Å². The van der Waals surface area contributed by atoms with Crippen molar-refractivity contribution in [1.29, 1.82) is 0 Å². The minimum atomic E-state index is -4.82. The number of halogens is 6. The Morgan fingerprint density at radius 2 is 1.79 bits per heavy atom. The molecule has 0 spiro atoms. The summed E-state index contributed by atoms with van der Waals surface area (Å²) in [6, 6.07) is 7.23. The average Bonchev–Trinajstić information content (AvgIpc) is 3.58. The molecule has 2 aromatic carbocycles. The summed E-state index contributed by atoms with van der Waals surface area (Å²) >= 11 is 5.86. The van der Waals surface area contributed by atoms with Gasteiger partial charge in [-0.05, 0) is 0 Å². The van der Waals surface area contributed by atoms with Gasteiger partial charge in [-0.1, -0.05) is 0 Å². The van der Waals surface area contributed by atoms with E-state index in [1.165, 1.54) is 18.2 Å². The van der Waals surface area contributed by atoms with Crippen LogP contribution >= 0.6 is 11.6 Å². The molecule has 39 heavy (non-hydrogen) atoms. The second-order valence-electron chi connectivity index (χ2n) is 11.3. The molecule has 2 aromatic rings. The van der Waals surface area contributed by atoms with Crippen LogP contribution in [0.15, 0.2) is 30.3 Å². The van der Waals surface area contributed by atoms with E-state index in [-0.39, 0.29) is 49.7 Å². The predicted octanol–water partition coefficient (Wildman–Crippen LogP) is 4.05. The molecule has 3 atom stereocenters. The van der Waals surface area contributed by atoms with E-state index in [2.05, 4.69) is 9.64 Å². The van der Waals surface area contributed by atoms with Gasteiger partial charge >= 0.3 is 241 Å². The number of rotatable bonds is 7. The van der Waals surface area contributed by atoms with Gasteiger partial charge in [0.15, 0.2) is 0 Å². The van der Waals surface area contributed by atoms with Crippen LogP contribution in [0, 0.1) is 5.82 Å². The van der Waals surface area contributed by atoms with Gasteiger partial charge in [-0.25, -0.2) is 0 Å². The molecule has 2 heterocycles. The molecule has 3 fully saturated rings. The summed E-state index contributed by atoms with van der Waals surface area (Å²) in [5.41, 5.74) is 1.19. The Bertz CT molecular complexity index is 1230. The van der Waals surface area contributed by atoms with E-state index in [0.29, 0.717) is 16.5 Å². The molecule has 0 unspecified atom stereocenters. The third-order valence-corrected chi connectivity index (χ3v) is 10.8. The molecule has 214 valence electrons. The van der Waals surface area contributed by atoms with Gasteiger partial charge in [0.25, 0.3) is 0 Å². The van der Waals surface area contributed by atoms with Gasteiger partial charge in [0.2, 0.25) is 0 Å². The Balaban J connectivity index is 1.29. The number of ether oxygens (including phenoxy) is 3. The standard InChI is InChI=1S/C28H30ClF4INO4/c1-27(2,3)39-26(36)23-12-22(15-4-5-15)16(6-24(23)30)14-35-18-9-20(11-25(35)34-13-18)37-19-7-17(29)8-21(10-19)38-28(31,32)33/h6-8,10,12,15,18,20,25H,4-5,9,11,13-14H2,1-3H3/q-1/t18-,20-,25+/m0/s1. The first-order chi connectivity index (χ1) is 18.2. The van der Waals surface area contributed by atoms with Crippen LogP contribution in [0.25, 0.3) is 0 Å². The molecule has 1 aliphatic carbocycles. The van der Waals surface area contributed by atoms with E-state index >= 15 is 4.39 Å². The summed E-state index contributed by atoms with van der Waals surface area (Å²) in [4.78, 5) is 15.1. The quantitative estimate of drug-likeness (QED) is 0.145. The van der Waals surface area contributed by atoms with Gasteiger partial charge in [-0.3, -0.25) is 0 Å². The maximum absolute atomic E-state index is 15.2. The summed E-state index contributed by atoms with van der Waals surface area (Å²) in [5.74, 6) is -1.06. The number of hydrogen-bond donors (Lipinski definition) is 0. The second kappa shape index (κ2) is 10.9. The van der Waals surface area contributed by atoms with Crippen molar-refractivity contribution in [3.8, 4) is 11.5 Å². The number of esters is 1. The number of fused-ring (bicyclic) bond motifs is 2. The zero-order valence-electron chi connectivity index (χ0n) is 21.8. The number of carbonyl (C=O) groups is 1. The van der Waals surface area contributed by atoms with Crippen molar-refractivity contribution in [2.45, 2.75) is 87.1 Å². The predicted molar refractivity (Wildman–Crippen MR) is 133 cm³/mol. The summed E-state index contributed by atoms with van der Waals surface area (Å²) in [6.45, 7) is 5.87. The molecule has 3 aliphatic rings. The third-order valence-electron chi connectivity index (χ3n) is 6.87. The molecule has 0 N–H and O–H groups in total. The summed E-state index contributed by atoms with van der Waals surface area (Å²) in [5, 5.41) is 0.101. The van der Waals surface area contributed by atoms with E-state index in [0.717, 1.165) is 47.3 Å². The molecule has 5 nitrogen and oxygen atoms in total. The monoisotopic (exact) mass is 682 g/mol. The van der Waals surface area contributed by atoms with Crippen molar-refractivity contribution in [2.75, 3.05) is 4.43 Å². The first-order valence-electron chi connectivity index (χ1n) is 12.9. The molecule has 0 radical (unpaired) electrons. The Hall–Kier alpha value is -1.79. The molecular formula is C28H30ClF4INO4-. The first kappa shape index (κ1) is 28.7. The Kier molecular flexibility index (Phi) is 8.02. The summed E-state index contributed by atoms with van der Waals surface area (Å²) < 4.78 is 70.1. The fourth-order valence-electron chi connectivity index (χ4n) is 5.17. The van der Waals surface area contributed by atoms with Crippen LogP contribution in [0.4, 0.5) is 17.6 Å². The molecule has 5 rings (SSSR count). The molecule has 1 saturated carbocycles. The van der Waals surface area contributed by atoms with Crippen molar-refractivity contribution in [3.05, 3.63) is 57.9 Å². The first-order valence-corrected chi connectivity index (χ1v) is 16.0. The van der Waals surface area contributed by atoms with Crippen LogP contribution in [0.3, 0.4) is 0 Å². The van der Waals surface area contributed by atoms with Gasteiger partial charge in [0.05, 0.1) is 0 Å². The van der Waals surface area contributed by atoms with E-state index in [1.807, 2.05) is 0 Å². The zero-order chi connectivity index (χ0) is 28.1. The van der Waals surface area contributed by atoms with Crippen LogP contribution in [0.1, 0.15) is 73.9 Å². The van der Waals surface area contributed by atoms with Crippen molar-refractivity contribution < 1.29 is 57.8 Å². The number of piperidine rings is 1. The summed E-state index contributed by atoms with van der Waals surface area (Å²) in [7, 11) is 0. The van der Waals surface area contributed by atoms with E-state index in [4.69, 9.17) is 21.1 Å². The van der Waals surface area contributed by atoms with Crippen molar-refractivity contribution in [1.82, 2.24) is 4.90 Å². The molecule has 11 heteroatoms. The van der Waals surface area contributed by atoms with Gasteiger partial charge in [0.1, 0.15) is 0 Å². The molecule has 2 aliphatic heterocycles. The Labute approximate surface area is 240 Å². The number of alkyl halides is 5. The van der Waals surface area contributed by atoms with Crippen molar-refractivity contribution in [3.63, 3.8) is 0 Å². The average molecular weight is 683 g/mol. The third kappa shape index (κ3) is 7.30. The topological polar surface area (TPSA) is 48.0 Å². The van der Waals surface area contributed by atoms with E-state index in [9.17, 15) is 18.0 Å². The molecular weight excluding hydrogens is 653 g/mol. The SMILES string of the molecule is CC(C)(C)OC(=O)c1cc(C2CC2)c(CN2[C@@H]3C[I-][C@H]2C[C@@H](Oc2cc(Cl)cc(OC(F)(F)F)c2)C3)cc1F. The Morgan fingerprint density at radius 3 is 2.44 bits per heavy atom. The second-order valence-corrected chi connectivity index (χ2v) is 14.9. The van der Waals surface area contributed by atoms with Gasteiger partial charge in [-0.15, -0.1) is 0 Å². The van der Waals surface area contributed by atoms with E-state index in [1.54, 1.807) is 26.8 Å². The normalized spacial score (nSPS) is 23.7. The van der Waals surface area contributed by atoms with Crippen LogP contribution in [0.5, 0.6) is 11.5 Å². The number of hydrogen-bond acceptors (Lipinski definition) is 5. The fourth-order valence-corrected chi connectivity index (χ4v) is 9.51. The number of benzene rings is 2. The summed E-state index contributed by atoms with van der Waals surface area (Å²) in [6.07, 6.45) is -1.49. The number of nitrogens with zero attached hydrogens (tertiary/aromatic N) is 1. The van der Waals surface area contributed by atoms with Crippen LogP contribution < -0.4 is 30.7 Å². The zero-order valence-corrected chi connectivity index (χ0v) is 24.7. The van der Waals surface area contributed by atoms with Gasteiger partial charge in [-0.2, -0.15) is 0 Å². The minimum absolute atomic E-state index is 0.0199. The van der Waals surface area contributed by atoms with Gasteiger partial charge in [0, 0.05) is 0 Å². The van der Waals surface area contributed by atoms with Crippen LogP contribution in [-0.2, 0) is 11.3 Å². The van der Waals surface area contributed by atoms with Crippen molar-refractivity contribution >= 4 is 17.6 Å². The van der Waals surface area contributed by atoms with Gasteiger partial charge < -0.3 is 0 Å². The Morgan fingerprint density at radius 1 is 1.08 bits per heavy atom. The fraction of sp³-hybridized carbons (Fsp3) is 0.536. The number of carbonyl (C=O) groups excluding carboxylic acids is 1. The molecule has 2 saturated heterocycles. The van der Waals surface area contributed by atoms with Crippen molar-refractivity contribution in [2.24, 2.45) is 0 Å². The van der Waals surface area contributed by atoms with Crippen LogP contribution in [0.2, 0.25) is 5.02 Å².